The molecule has 0 radical (unpaired) electrons. The van der Waals surface area contributed by atoms with Gasteiger partial charge >= 0.3 is 0 Å². The third-order valence-corrected chi connectivity index (χ3v) is 12.6. The van der Waals surface area contributed by atoms with E-state index in [-0.39, 0.29) is 0 Å². The molecule has 0 saturated heterocycles. The number of anilines is 3. The Hall–Kier alpha value is -8.34. The zero-order valence-corrected chi connectivity index (χ0v) is 33.5. The number of nitrogens with zero attached hydrogens (tertiary/aromatic N) is 2. The van der Waals surface area contributed by atoms with Crippen LogP contribution in [0.2, 0.25) is 0 Å². The van der Waals surface area contributed by atoms with Crippen molar-refractivity contribution >= 4 is 93.5 Å². The Bertz CT molecular complexity index is 3830. The topological polar surface area (TPSA) is 34.5 Å². The zero-order valence-electron chi connectivity index (χ0n) is 33.5. The Morgan fingerprint density at radius 1 is 0.355 bits per heavy atom. The molecule has 0 fully saturated rings. The highest BCUT2D eigenvalue weighted by atomic mass is 16.3. The van der Waals surface area contributed by atoms with Gasteiger partial charge in [0.2, 0.25) is 0 Å². The van der Waals surface area contributed by atoms with Crippen molar-refractivity contribution in [3.63, 3.8) is 0 Å². The van der Waals surface area contributed by atoms with E-state index in [1.807, 2.05) is 18.2 Å². The van der Waals surface area contributed by atoms with E-state index in [0.29, 0.717) is 0 Å². The maximum Gasteiger partial charge on any atom is 0.145 e. The van der Waals surface area contributed by atoms with Crippen LogP contribution in [0.3, 0.4) is 0 Å². The minimum atomic E-state index is 0.843. The third-order valence-electron chi connectivity index (χ3n) is 12.6. The lowest BCUT2D eigenvalue weighted by atomic mass is 9.96. The molecule has 3 aromatic heterocycles. The fraction of sp³-hybridized carbons (Fsp3) is 0. The molecular formula is C58H36N2O2. The number of furan rings is 2. The van der Waals surface area contributed by atoms with E-state index in [1.165, 1.54) is 21.5 Å². The third kappa shape index (κ3) is 5.20. The molecule has 0 atom stereocenters. The maximum absolute atomic E-state index is 7.01. The molecule has 0 saturated carbocycles. The van der Waals surface area contributed by atoms with Crippen LogP contribution in [-0.4, -0.2) is 4.57 Å². The Kier molecular flexibility index (Phi) is 7.57. The average Bonchev–Trinajstić information content (AvgIpc) is 4.02. The lowest BCUT2D eigenvalue weighted by Gasteiger charge is -2.29. The van der Waals surface area contributed by atoms with E-state index in [1.54, 1.807) is 0 Å². The number of benzene rings is 10. The monoisotopic (exact) mass is 792 g/mol. The van der Waals surface area contributed by atoms with E-state index >= 15 is 0 Å². The molecule has 0 aliphatic heterocycles. The summed E-state index contributed by atoms with van der Waals surface area (Å²) >= 11 is 0. The summed E-state index contributed by atoms with van der Waals surface area (Å²) in [5.74, 6) is 0. The fourth-order valence-corrected chi connectivity index (χ4v) is 9.79. The van der Waals surface area contributed by atoms with Gasteiger partial charge in [0.15, 0.2) is 0 Å². The van der Waals surface area contributed by atoms with Crippen molar-refractivity contribution in [2.45, 2.75) is 0 Å². The van der Waals surface area contributed by atoms with Gasteiger partial charge in [-0.1, -0.05) is 152 Å². The number of hydrogen-bond acceptors (Lipinski definition) is 3. The molecule has 0 unspecified atom stereocenters. The molecule has 62 heavy (non-hydrogen) atoms. The SMILES string of the molecule is c1ccc(-n2c3ccccc3c3ccccc32)c(-c2c(N(c3ccc(-c4cccc5c4oc4ccccc45)cc3)c3ccc4ccccc4c3)ccc3c2oc2ccccc23)c1. The molecule has 4 nitrogen and oxygen atoms in total. The second kappa shape index (κ2) is 13.6. The summed E-state index contributed by atoms with van der Waals surface area (Å²) in [6, 6.07) is 78.0. The molecule has 3 heterocycles. The second-order valence-corrected chi connectivity index (χ2v) is 16.0. The predicted molar refractivity (Wildman–Crippen MR) is 258 cm³/mol. The van der Waals surface area contributed by atoms with Crippen molar-refractivity contribution in [2.75, 3.05) is 4.90 Å². The molecule has 13 rings (SSSR count). The summed E-state index contributed by atoms with van der Waals surface area (Å²) < 4.78 is 15.9. The lowest BCUT2D eigenvalue weighted by Crippen LogP contribution is -2.12. The van der Waals surface area contributed by atoms with E-state index in [9.17, 15) is 0 Å². The first-order valence-corrected chi connectivity index (χ1v) is 21.1. The largest absolute Gasteiger partial charge is 0.455 e. The van der Waals surface area contributed by atoms with Crippen molar-refractivity contribution in [1.82, 2.24) is 4.57 Å². The maximum atomic E-state index is 7.01. The van der Waals surface area contributed by atoms with Crippen molar-refractivity contribution < 1.29 is 8.83 Å². The smallest absolute Gasteiger partial charge is 0.145 e. The Balaban J connectivity index is 1.09. The van der Waals surface area contributed by atoms with Crippen LogP contribution >= 0.6 is 0 Å². The van der Waals surface area contributed by atoms with Gasteiger partial charge in [-0.05, 0) is 83.1 Å². The predicted octanol–water partition coefficient (Wildman–Crippen LogP) is 16.5. The molecule has 4 heteroatoms. The summed E-state index contributed by atoms with van der Waals surface area (Å²) in [6.45, 7) is 0. The van der Waals surface area contributed by atoms with Gasteiger partial charge in [-0.25, -0.2) is 0 Å². The van der Waals surface area contributed by atoms with Gasteiger partial charge < -0.3 is 18.3 Å². The van der Waals surface area contributed by atoms with Crippen LogP contribution < -0.4 is 4.90 Å². The number of aromatic nitrogens is 1. The van der Waals surface area contributed by atoms with Gasteiger partial charge in [0.1, 0.15) is 22.3 Å². The molecule has 0 bridgehead atoms. The molecule has 0 N–H and O–H groups in total. The number of rotatable bonds is 6. The number of para-hydroxylation sites is 6. The van der Waals surface area contributed by atoms with E-state index in [0.717, 1.165) is 99.9 Å². The molecule has 10 aromatic carbocycles. The highest BCUT2D eigenvalue weighted by Crippen LogP contribution is 2.49. The van der Waals surface area contributed by atoms with Crippen LogP contribution in [0.25, 0.3) is 104 Å². The fourth-order valence-electron chi connectivity index (χ4n) is 9.79. The number of fused-ring (bicyclic) bond motifs is 10. The van der Waals surface area contributed by atoms with Crippen molar-refractivity contribution in [3.8, 4) is 27.9 Å². The Labute approximate surface area is 356 Å². The Morgan fingerprint density at radius 3 is 1.65 bits per heavy atom. The minimum absolute atomic E-state index is 0.843. The first-order valence-electron chi connectivity index (χ1n) is 21.1. The molecule has 0 amide bonds. The number of hydrogen-bond donors (Lipinski definition) is 0. The van der Waals surface area contributed by atoms with E-state index in [4.69, 9.17) is 8.83 Å². The van der Waals surface area contributed by atoms with Gasteiger partial charge in [0, 0.05) is 54.8 Å². The summed E-state index contributed by atoms with van der Waals surface area (Å²) in [5.41, 5.74) is 14.2. The van der Waals surface area contributed by atoms with Crippen LogP contribution in [0.15, 0.2) is 227 Å². The highest BCUT2D eigenvalue weighted by Gasteiger charge is 2.26. The molecule has 13 aromatic rings. The molecule has 0 aliphatic carbocycles. The molecular weight excluding hydrogens is 757 g/mol. The van der Waals surface area contributed by atoms with Gasteiger partial charge in [-0.15, -0.1) is 0 Å². The summed E-state index contributed by atoms with van der Waals surface area (Å²) in [7, 11) is 0. The first-order chi connectivity index (χ1) is 30.8. The summed E-state index contributed by atoms with van der Waals surface area (Å²) in [5, 5.41) is 9.20. The second-order valence-electron chi connectivity index (χ2n) is 16.0. The quantitative estimate of drug-likeness (QED) is 0.168. The van der Waals surface area contributed by atoms with Crippen molar-refractivity contribution in [3.05, 3.63) is 218 Å². The van der Waals surface area contributed by atoms with E-state index in [2.05, 4.69) is 210 Å². The van der Waals surface area contributed by atoms with Gasteiger partial charge in [0.05, 0.1) is 28.0 Å². The van der Waals surface area contributed by atoms with Crippen molar-refractivity contribution in [2.24, 2.45) is 0 Å². The zero-order chi connectivity index (χ0) is 40.7. The van der Waals surface area contributed by atoms with Crippen molar-refractivity contribution in [1.29, 1.82) is 0 Å². The van der Waals surface area contributed by atoms with E-state index < -0.39 is 0 Å². The highest BCUT2D eigenvalue weighted by molar-refractivity contribution is 6.16. The van der Waals surface area contributed by atoms with Crippen LogP contribution in [0.4, 0.5) is 17.1 Å². The standard InChI is InChI=1S/C58H36N2O2/c1-2-15-39-36-41(33-28-37(39)14-1)59(40-31-29-38(30-32-40)42-21-13-22-47-45-18-6-11-26-54(45)61-57(42)47)53-35-34-48-46-19-7-12-27-55(46)62-58(48)56(53)49-20-5-10-25-52(49)60-50-23-8-3-16-43(50)44-17-4-9-24-51(44)60/h1-36H. The van der Waals surface area contributed by atoms with Crippen LogP contribution in [0, 0.1) is 0 Å². The average molecular weight is 793 g/mol. The first kappa shape index (κ1) is 34.5. The van der Waals surface area contributed by atoms with Crippen LogP contribution in [0.1, 0.15) is 0 Å². The lowest BCUT2D eigenvalue weighted by molar-refractivity contribution is 0.669. The minimum Gasteiger partial charge on any atom is -0.455 e. The van der Waals surface area contributed by atoms with Crippen LogP contribution in [-0.2, 0) is 0 Å². The molecule has 0 aliphatic rings. The van der Waals surface area contributed by atoms with Gasteiger partial charge in [-0.2, -0.15) is 0 Å². The molecule has 290 valence electrons. The van der Waals surface area contributed by atoms with Gasteiger partial charge in [-0.3, -0.25) is 0 Å². The molecule has 0 spiro atoms. The van der Waals surface area contributed by atoms with Crippen LogP contribution in [0.5, 0.6) is 0 Å². The summed E-state index contributed by atoms with van der Waals surface area (Å²) in [6.07, 6.45) is 0. The normalized spacial score (nSPS) is 11.9. The van der Waals surface area contributed by atoms with Gasteiger partial charge in [0.25, 0.3) is 0 Å². The summed E-state index contributed by atoms with van der Waals surface area (Å²) in [4.78, 5) is 2.39. The Morgan fingerprint density at radius 2 is 0.903 bits per heavy atom.